The van der Waals surface area contributed by atoms with E-state index in [9.17, 15) is 0 Å². The molecule has 1 aromatic heterocycles. The monoisotopic (exact) mass is 191 g/mol. The molecule has 1 fully saturated rings. The third-order valence-electron chi connectivity index (χ3n) is 3.37. The van der Waals surface area contributed by atoms with E-state index in [0.717, 1.165) is 11.6 Å². The molecule has 3 nitrogen and oxygen atoms in total. The average molecular weight is 191 g/mol. The standard InChI is InChI=1S/C11H17N3/c12-7-9-10-3-1-2-6-14(10)11(13-9)8-4-5-8/h8H,1-7,12H2. The van der Waals surface area contributed by atoms with Crippen LogP contribution in [0.2, 0.25) is 0 Å². The lowest BCUT2D eigenvalue weighted by Gasteiger charge is -2.17. The average Bonchev–Trinajstić information content (AvgIpc) is 3.00. The summed E-state index contributed by atoms with van der Waals surface area (Å²) in [6.07, 6.45) is 6.48. The molecule has 0 atom stereocenters. The minimum atomic E-state index is 0.613. The first kappa shape index (κ1) is 8.48. The molecule has 0 bridgehead atoms. The number of rotatable bonds is 2. The number of nitrogens with zero attached hydrogens (tertiary/aromatic N) is 2. The fourth-order valence-corrected chi connectivity index (χ4v) is 2.46. The van der Waals surface area contributed by atoms with E-state index in [2.05, 4.69) is 4.57 Å². The van der Waals surface area contributed by atoms with Gasteiger partial charge in [-0.2, -0.15) is 0 Å². The molecular formula is C11H17N3. The van der Waals surface area contributed by atoms with E-state index in [0.29, 0.717) is 6.54 Å². The number of aromatic nitrogens is 2. The van der Waals surface area contributed by atoms with Crippen LogP contribution in [0.3, 0.4) is 0 Å². The van der Waals surface area contributed by atoms with Crippen molar-refractivity contribution in [1.82, 2.24) is 9.55 Å². The Kier molecular flexibility index (Phi) is 1.87. The van der Waals surface area contributed by atoms with Crippen molar-refractivity contribution in [3.05, 3.63) is 17.2 Å². The summed E-state index contributed by atoms with van der Waals surface area (Å²) in [4.78, 5) is 4.71. The van der Waals surface area contributed by atoms with Gasteiger partial charge in [0.2, 0.25) is 0 Å². The SMILES string of the molecule is NCc1nc(C2CC2)n2c1CCCC2. The zero-order chi connectivity index (χ0) is 9.54. The molecule has 3 heteroatoms. The Morgan fingerprint density at radius 2 is 2.21 bits per heavy atom. The Morgan fingerprint density at radius 3 is 2.93 bits per heavy atom. The zero-order valence-electron chi connectivity index (χ0n) is 8.50. The van der Waals surface area contributed by atoms with Crippen molar-refractivity contribution in [2.45, 2.75) is 51.1 Å². The molecular weight excluding hydrogens is 174 g/mol. The van der Waals surface area contributed by atoms with Crippen LogP contribution in [0.1, 0.15) is 48.8 Å². The van der Waals surface area contributed by atoms with Crippen LogP contribution < -0.4 is 5.73 Å². The lowest BCUT2D eigenvalue weighted by molar-refractivity contribution is 0.513. The second-order valence-electron chi connectivity index (χ2n) is 4.45. The largest absolute Gasteiger partial charge is 0.331 e. The van der Waals surface area contributed by atoms with E-state index in [-0.39, 0.29) is 0 Å². The quantitative estimate of drug-likeness (QED) is 0.771. The molecule has 0 unspecified atom stereocenters. The first-order chi connectivity index (χ1) is 6.90. The smallest absolute Gasteiger partial charge is 0.112 e. The van der Waals surface area contributed by atoms with Gasteiger partial charge in [-0.15, -0.1) is 0 Å². The van der Waals surface area contributed by atoms with Crippen molar-refractivity contribution < 1.29 is 0 Å². The van der Waals surface area contributed by atoms with Crippen LogP contribution in [-0.2, 0) is 19.5 Å². The van der Waals surface area contributed by atoms with Crippen molar-refractivity contribution in [1.29, 1.82) is 0 Å². The van der Waals surface area contributed by atoms with Crippen LogP contribution in [-0.4, -0.2) is 9.55 Å². The minimum Gasteiger partial charge on any atom is -0.331 e. The van der Waals surface area contributed by atoms with Gasteiger partial charge in [0, 0.05) is 24.7 Å². The number of hydrogen-bond acceptors (Lipinski definition) is 2. The van der Waals surface area contributed by atoms with Gasteiger partial charge in [-0.05, 0) is 32.1 Å². The maximum atomic E-state index is 5.73. The second kappa shape index (κ2) is 3.09. The van der Waals surface area contributed by atoms with Gasteiger partial charge in [0.05, 0.1) is 5.69 Å². The maximum Gasteiger partial charge on any atom is 0.112 e. The molecule has 1 saturated carbocycles. The molecule has 2 N–H and O–H groups in total. The van der Waals surface area contributed by atoms with Crippen LogP contribution in [0.4, 0.5) is 0 Å². The van der Waals surface area contributed by atoms with Crippen LogP contribution >= 0.6 is 0 Å². The van der Waals surface area contributed by atoms with E-state index in [4.69, 9.17) is 10.7 Å². The van der Waals surface area contributed by atoms with E-state index < -0.39 is 0 Å². The van der Waals surface area contributed by atoms with Crippen molar-refractivity contribution in [2.24, 2.45) is 5.73 Å². The molecule has 76 valence electrons. The van der Waals surface area contributed by atoms with Gasteiger partial charge in [0.15, 0.2) is 0 Å². The highest BCUT2D eigenvalue weighted by molar-refractivity contribution is 5.23. The fourth-order valence-electron chi connectivity index (χ4n) is 2.46. The summed E-state index contributed by atoms with van der Waals surface area (Å²) in [7, 11) is 0. The molecule has 1 aliphatic heterocycles. The molecule has 0 amide bonds. The van der Waals surface area contributed by atoms with Gasteiger partial charge >= 0.3 is 0 Å². The lowest BCUT2D eigenvalue weighted by Crippen LogP contribution is -2.13. The van der Waals surface area contributed by atoms with Gasteiger partial charge < -0.3 is 10.3 Å². The van der Waals surface area contributed by atoms with E-state index in [1.165, 1.54) is 50.2 Å². The molecule has 2 heterocycles. The topological polar surface area (TPSA) is 43.8 Å². The summed E-state index contributed by atoms with van der Waals surface area (Å²) in [5.74, 6) is 2.09. The van der Waals surface area contributed by atoms with Crippen molar-refractivity contribution in [3.8, 4) is 0 Å². The molecule has 0 spiro atoms. The highest BCUT2D eigenvalue weighted by Crippen LogP contribution is 2.41. The second-order valence-corrected chi connectivity index (χ2v) is 4.45. The summed E-state index contributed by atoms with van der Waals surface area (Å²) < 4.78 is 2.45. The number of nitrogens with two attached hydrogens (primary N) is 1. The van der Waals surface area contributed by atoms with Crippen molar-refractivity contribution in [2.75, 3.05) is 0 Å². The van der Waals surface area contributed by atoms with Gasteiger partial charge in [-0.3, -0.25) is 0 Å². The predicted molar refractivity (Wildman–Crippen MR) is 55.0 cm³/mol. The molecule has 0 radical (unpaired) electrons. The summed E-state index contributed by atoms with van der Waals surface area (Å²) in [6.45, 7) is 1.79. The molecule has 0 saturated heterocycles. The molecule has 1 aromatic rings. The predicted octanol–water partition coefficient (Wildman–Crippen LogP) is 1.56. The van der Waals surface area contributed by atoms with Gasteiger partial charge in [-0.25, -0.2) is 4.98 Å². The van der Waals surface area contributed by atoms with Crippen LogP contribution in [0, 0.1) is 0 Å². The normalized spacial score (nSPS) is 20.9. The zero-order valence-corrected chi connectivity index (χ0v) is 8.50. The minimum absolute atomic E-state index is 0.613. The number of fused-ring (bicyclic) bond motifs is 1. The van der Waals surface area contributed by atoms with Crippen LogP contribution in [0.25, 0.3) is 0 Å². The van der Waals surface area contributed by atoms with Crippen LogP contribution in [0.15, 0.2) is 0 Å². The van der Waals surface area contributed by atoms with Crippen LogP contribution in [0.5, 0.6) is 0 Å². The van der Waals surface area contributed by atoms with E-state index >= 15 is 0 Å². The Morgan fingerprint density at radius 1 is 1.36 bits per heavy atom. The Bertz CT molecular complexity index is 350. The highest BCUT2D eigenvalue weighted by Gasteiger charge is 2.31. The van der Waals surface area contributed by atoms with Gasteiger partial charge in [0.25, 0.3) is 0 Å². The summed E-state index contributed by atoms with van der Waals surface area (Å²) in [5, 5.41) is 0. The third-order valence-corrected chi connectivity index (χ3v) is 3.37. The Hall–Kier alpha value is -0.830. The molecule has 14 heavy (non-hydrogen) atoms. The lowest BCUT2D eigenvalue weighted by atomic mass is 10.1. The summed E-state index contributed by atoms with van der Waals surface area (Å²) >= 11 is 0. The number of imidazole rings is 1. The first-order valence-electron chi connectivity index (χ1n) is 5.68. The van der Waals surface area contributed by atoms with Crippen molar-refractivity contribution >= 4 is 0 Å². The highest BCUT2D eigenvalue weighted by atomic mass is 15.1. The van der Waals surface area contributed by atoms with Crippen molar-refractivity contribution in [3.63, 3.8) is 0 Å². The third kappa shape index (κ3) is 1.19. The van der Waals surface area contributed by atoms with E-state index in [1.807, 2.05) is 0 Å². The number of hydrogen-bond donors (Lipinski definition) is 1. The molecule has 0 aromatic carbocycles. The van der Waals surface area contributed by atoms with Gasteiger partial charge in [-0.1, -0.05) is 0 Å². The summed E-state index contributed by atoms with van der Waals surface area (Å²) in [6, 6.07) is 0. The maximum absolute atomic E-state index is 5.73. The Balaban J connectivity index is 2.07. The fraction of sp³-hybridized carbons (Fsp3) is 0.727. The van der Waals surface area contributed by atoms with E-state index in [1.54, 1.807) is 0 Å². The molecule has 2 aliphatic rings. The molecule has 1 aliphatic carbocycles. The van der Waals surface area contributed by atoms with Gasteiger partial charge in [0.1, 0.15) is 5.82 Å². The first-order valence-corrected chi connectivity index (χ1v) is 5.68. The summed E-state index contributed by atoms with van der Waals surface area (Å²) in [5.41, 5.74) is 8.32. The molecule has 3 rings (SSSR count). The Labute approximate surface area is 84.3 Å².